The molecule has 3 amide bonds. The first kappa shape index (κ1) is 26.7. The van der Waals surface area contributed by atoms with Gasteiger partial charge in [0.05, 0.1) is 12.6 Å². The number of likely N-dealkylation sites (tertiary alicyclic amines) is 1. The number of aryl methyl sites for hydroxylation is 3. The number of carbonyl (C=O) groups is 3. The average Bonchev–Trinajstić information content (AvgIpc) is 3.45. The van der Waals surface area contributed by atoms with Crippen LogP contribution in [0.5, 0.6) is 0 Å². The van der Waals surface area contributed by atoms with E-state index < -0.39 is 17.2 Å². The molecule has 3 aliphatic rings. The fourth-order valence-corrected chi connectivity index (χ4v) is 6.72. The Labute approximate surface area is 236 Å². The third kappa shape index (κ3) is 4.54. The zero-order valence-electron chi connectivity index (χ0n) is 22.7. The molecule has 5 N–H and O–H groups in total. The number of nitrogens with two attached hydrogens (primary N) is 2. The molecule has 2 aliphatic carbocycles. The molecule has 3 aromatic rings. The molecule has 1 unspecified atom stereocenters. The van der Waals surface area contributed by atoms with Gasteiger partial charge >= 0.3 is 0 Å². The molecule has 210 valence electrons. The number of carbonyl (C=O) groups excluding carboxylic acids is 3. The Morgan fingerprint density at radius 3 is 2.22 bits per heavy atom. The Kier molecular flexibility index (Phi) is 6.58. The number of fused-ring (bicyclic) bond motifs is 3. The van der Waals surface area contributed by atoms with Gasteiger partial charge in [0, 0.05) is 24.1 Å². The summed E-state index contributed by atoms with van der Waals surface area (Å²) in [7, 11) is 0. The van der Waals surface area contributed by atoms with Crippen LogP contribution in [0.2, 0.25) is 0 Å². The Bertz CT molecular complexity index is 1540. The zero-order chi connectivity index (χ0) is 28.9. The van der Waals surface area contributed by atoms with Crippen LogP contribution >= 0.6 is 0 Å². The van der Waals surface area contributed by atoms with Gasteiger partial charge in [0.15, 0.2) is 0 Å². The van der Waals surface area contributed by atoms with E-state index in [1.54, 1.807) is 36.1 Å². The van der Waals surface area contributed by atoms with Crippen LogP contribution in [0, 0.1) is 24.2 Å². The van der Waals surface area contributed by atoms with Gasteiger partial charge in [-0.1, -0.05) is 12.1 Å². The summed E-state index contributed by atoms with van der Waals surface area (Å²) in [6.45, 7) is 2.22. The predicted molar refractivity (Wildman–Crippen MR) is 146 cm³/mol. The van der Waals surface area contributed by atoms with Crippen molar-refractivity contribution in [1.29, 1.82) is 5.26 Å². The van der Waals surface area contributed by atoms with Gasteiger partial charge in [-0.2, -0.15) is 5.26 Å². The largest absolute Gasteiger partial charge is 0.424 e. The summed E-state index contributed by atoms with van der Waals surface area (Å²) < 4.78 is 6.11. The molecule has 41 heavy (non-hydrogen) atoms. The number of nitriles is 1. The summed E-state index contributed by atoms with van der Waals surface area (Å²) in [5, 5.41) is 21.4. The standard InChI is InChI=1S/C30H31N7O4/c1-16-35-36-29(41-16)30(8-9-34-15-26(38)37-22(14-31)12-21-13-25(21)37)23-6-4-19(27(32)39)10-17(23)2-3-18-11-20(28(33)40)5-7-24(18)30/h4-7,10-11,21-22,25,34H,2-3,8-9,12-13,15H2,1H3,(H2,32,39)(H2,33,40)/t21-,22?,25+/m1/s1. The summed E-state index contributed by atoms with van der Waals surface area (Å²) >= 11 is 0. The number of nitrogens with one attached hydrogen (secondary N) is 1. The van der Waals surface area contributed by atoms with E-state index in [1.165, 1.54) is 0 Å². The van der Waals surface area contributed by atoms with Crippen molar-refractivity contribution in [2.45, 2.75) is 56.5 Å². The third-order valence-electron chi connectivity index (χ3n) is 8.75. The van der Waals surface area contributed by atoms with Gasteiger partial charge in [-0.25, -0.2) is 0 Å². The molecule has 2 heterocycles. The maximum absolute atomic E-state index is 13.1. The summed E-state index contributed by atoms with van der Waals surface area (Å²) in [6, 6.07) is 12.8. The highest BCUT2D eigenvalue weighted by atomic mass is 16.4. The van der Waals surface area contributed by atoms with Crippen molar-refractivity contribution in [3.63, 3.8) is 0 Å². The number of rotatable bonds is 8. The quantitative estimate of drug-likeness (QED) is 0.351. The molecular formula is C30H31N7O4. The minimum atomic E-state index is -0.949. The average molecular weight is 554 g/mol. The first-order valence-corrected chi connectivity index (χ1v) is 13.8. The van der Waals surface area contributed by atoms with Gasteiger partial charge in [0.2, 0.25) is 29.5 Å². The molecule has 3 atom stereocenters. The van der Waals surface area contributed by atoms with E-state index in [1.807, 2.05) is 12.1 Å². The molecule has 1 saturated carbocycles. The minimum Gasteiger partial charge on any atom is -0.424 e. The molecular weight excluding hydrogens is 522 g/mol. The SMILES string of the molecule is Cc1nnc(C2(CCNCC(=O)N3C(C#N)C[C@@H]4C[C@@H]43)c3ccc(C(N)=O)cc3CCc3cc(C(N)=O)ccc32)o1. The second-order valence-electron chi connectivity index (χ2n) is 11.2. The van der Waals surface area contributed by atoms with E-state index in [9.17, 15) is 19.6 Å². The molecule has 1 saturated heterocycles. The van der Waals surface area contributed by atoms with Crippen LogP contribution in [0.4, 0.5) is 0 Å². The predicted octanol–water partition coefficient (Wildman–Crippen LogP) is 1.50. The van der Waals surface area contributed by atoms with Gasteiger partial charge in [-0.05, 0) is 91.1 Å². The third-order valence-corrected chi connectivity index (χ3v) is 8.75. The summed E-state index contributed by atoms with van der Waals surface area (Å²) in [6.07, 6.45) is 3.32. The monoisotopic (exact) mass is 553 g/mol. The molecule has 0 spiro atoms. The molecule has 2 aromatic carbocycles. The molecule has 6 rings (SSSR count). The first-order valence-electron chi connectivity index (χ1n) is 13.8. The van der Waals surface area contributed by atoms with E-state index in [4.69, 9.17) is 15.9 Å². The van der Waals surface area contributed by atoms with Crippen molar-refractivity contribution in [3.05, 3.63) is 81.6 Å². The smallest absolute Gasteiger partial charge is 0.248 e. The second-order valence-corrected chi connectivity index (χ2v) is 11.2. The lowest BCUT2D eigenvalue weighted by molar-refractivity contribution is -0.131. The Morgan fingerprint density at radius 1 is 1.05 bits per heavy atom. The van der Waals surface area contributed by atoms with Crippen LogP contribution in [0.15, 0.2) is 40.8 Å². The van der Waals surface area contributed by atoms with E-state index >= 15 is 0 Å². The number of nitrogens with zero attached hydrogens (tertiary/aromatic N) is 4. The lowest BCUT2D eigenvalue weighted by atomic mass is 9.69. The highest BCUT2D eigenvalue weighted by molar-refractivity contribution is 5.94. The van der Waals surface area contributed by atoms with Crippen LogP contribution in [0.3, 0.4) is 0 Å². The molecule has 0 bridgehead atoms. The Morgan fingerprint density at radius 2 is 1.68 bits per heavy atom. The van der Waals surface area contributed by atoms with Crippen LogP contribution in [0.1, 0.15) is 74.0 Å². The number of aromatic nitrogens is 2. The number of primary amides is 2. The van der Waals surface area contributed by atoms with E-state index in [0.717, 1.165) is 35.1 Å². The number of hydrogen-bond donors (Lipinski definition) is 3. The fraction of sp³-hybridized carbons (Fsp3) is 0.400. The molecule has 11 heteroatoms. The Hall–Kier alpha value is -4.56. The maximum Gasteiger partial charge on any atom is 0.248 e. The highest BCUT2D eigenvalue weighted by Crippen LogP contribution is 2.48. The number of amides is 3. The molecule has 1 aromatic heterocycles. The van der Waals surface area contributed by atoms with Gasteiger partial charge in [-0.15, -0.1) is 10.2 Å². The van der Waals surface area contributed by atoms with Crippen LogP contribution in [-0.4, -0.2) is 58.0 Å². The van der Waals surface area contributed by atoms with Gasteiger partial charge in [0.25, 0.3) is 0 Å². The second kappa shape index (κ2) is 10.1. The Balaban J connectivity index is 1.39. The number of hydrogen-bond acceptors (Lipinski definition) is 8. The lowest BCUT2D eigenvalue weighted by Gasteiger charge is -2.34. The molecule has 1 aliphatic heterocycles. The van der Waals surface area contributed by atoms with Crippen LogP contribution in [0.25, 0.3) is 0 Å². The highest BCUT2D eigenvalue weighted by Gasteiger charge is 2.54. The van der Waals surface area contributed by atoms with Gasteiger partial charge in [0.1, 0.15) is 11.5 Å². The van der Waals surface area contributed by atoms with Crippen LogP contribution < -0.4 is 16.8 Å². The van der Waals surface area contributed by atoms with Crippen LogP contribution in [-0.2, 0) is 23.1 Å². The van der Waals surface area contributed by atoms with E-state index in [-0.39, 0.29) is 24.5 Å². The summed E-state index contributed by atoms with van der Waals surface area (Å²) in [5.74, 6) is 0.0790. The normalized spacial score (nSPS) is 21.7. The molecule has 11 nitrogen and oxygen atoms in total. The topological polar surface area (TPSA) is 181 Å². The minimum absolute atomic E-state index is 0.0805. The number of piperidine rings is 1. The fourth-order valence-electron chi connectivity index (χ4n) is 6.72. The van der Waals surface area contributed by atoms with Crippen molar-refractivity contribution in [3.8, 4) is 6.07 Å². The molecule has 2 fully saturated rings. The summed E-state index contributed by atoms with van der Waals surface area (Å²) in [5.41, 5.74) is 14.6. The van der Waals surface area contributed by atoms with E-state index in [2.05, 4.69) is 21.6 Å². The van der Waals surface area contributed by atoms with Crippen molar-refractivity contribution in [2.75, 3.05) is 13.1 Å². The van der Waals surface area contributed by atoms with Gasteiger partial charge in [-0.3, -0.25) is 14.4 Å². The van der Waals surface area contributed by atoms with Crippen molar-refractivity contribution in [2.24, 2.45) is 17.4 Å². The van der Waals surface area contributed by atoms with Gasteiger partial charge < -0.3 is 26.1 Å². The lowest BCUT2D eigenvalue weighted by Crippen LogP contribution is -2.44. The maximum atomic E-state index is 13.1. The zero-order valence-corrected chi connectivity index (χ0v) is 22.7. The van der Waals surface area contributed by atoms with Crippen molar-refractivity contribution < 1.29 is 18.8 Å². The first-order chi connectivity index (χ1) is 19.7. The van der Waals surface area contributed by atoms with Crippen molar-refractivity contribution in [1.82, 2.24) is 20.4 Å². The van der Waals surface area contributed by atoms with Crippen molar-refractivity contribution >= 4 is 17.7 Å². The molecule has 0 radical (unpaired) electrons. The summed E-state index contributed by atoms with van der Waals surface area (Å²) in [4.78, 5) is 39.0. The van der Waals surface area contributed by atoms with E-state index in [0.29, 0.717) is 54.6 Å². The number of benzene rings is 2.